The van der Waals surface area contributed by atoms with Crippen LogP contribution in [-0.4, -0.2) is 4.92 Å². The Morgan fingerprint density at radius 2 is 1.91 bits per heavy atom. The van der Waals surface area contributed by atoms with Crippen molar-refractivity contribution in [1.82, 2.24) is 4.98 Å². The SMILES string of the molecule is Cc1[n-]c2ccccc2c1C[NH+]=Nc1ccc([N+](=O)[O-])cc1. The second-order valence-electron chi connectivity index (χ2n) is 4.91. The summed E-state index contributed by atoms with van der Waals surface area (Å²) in [6, 6.07) is 14.1. The van der Waals surface area contributed by atoms with Gasteiger partial charge in [-0.3, -0.25) is 10.1 Å². The Labute approximate surface area is 126 Å². The summed E-state index contributed by atoms with van der Waals surface area (Å²) in [6.07, 6.45) is 0. The summed E-state index contributed by atoms with van der Waals surface area (Å²) >= 11 is 0. The lowest BCUT2D eigenvalue weighted by atomic mass is 10.1. The molecule has 0 bridgehead atoms. The lowest BCUT2D eigenvalue weighted by Crippen LogP contribution is -2.63. The molecule has 2 aromatic carbocycles. The van der Waals surface area contributed by atoms with E-state index in [4.69, 9.17) is 0 Å². The van der Waals surface area contributed by atoms with Gasteiger partial charge in [-0.05, 0) is 22.6 Å². The van der Waals surface area contributed by atoms with E-state index in [-0.39, 0.29) is 5.69 Å². The zero-order valence-electron chi connectivity index (χ0n) is 12.0. The van der Waals surface area contributed by atoms with E-state index in [0.717, 1.165) is 22.2 Å². The zero-order valence-corrected chi connectivity index (χ0v) is 12.0. The van der Waals surface area contributed by atoms with Gasteiger partial charge >= 0.3 is 0 Å². The van der Waals surface area contributed by atoms with Crippen molar-refractivity contribution in [2.24, 2.45) is 5.11 Å². The Balaban J connectivity index is 1.78. The molecule has 0 spiro atoms. The van der Waals surface area contributed by atoms with Crippen LogP contribution in [0.2, 0.25) is 0 Å². The number of nitro benzene ring substituents is 1. The quantitative estimate of drug-likeness (QED) is 0.455. The molecule has 22 heavy (non-hydrogen) atoms. The molecular formula is C16H14N4O2. The topological polar surface area (TPSA) is 83.6 Å². The standard InChI is InChI=1S/C16H13N4O2/c1-11-15(14-4-2-3-5-16(14)18-11)10-17-19-12-6-8-13(9-7-12)20(21)22/h2-9H,10H2,1H3/q-1/p+1. The smallest absolute Gasteiger partial charge is 0.269 e. The van der Waals surface area contributed by atoms with Gasteiger partial charge in [0, 0.05) is 17.7 Å². The van der Waals surface area contributed by atoms with Crippen LogP contribution in [0.25, 0.3) is 10.9 Å². The minimum atomic E-state index is -0.428. The van der Waals surface area contributed by atoms with Crippen molar-refractivity contribution in [2.45, 2.75) is 13.5 Å². The Kier molecular flexibility index (Phi) is 3.65. The molecular weight excluding hydrogens is 280 g/mol. The molecule has 0 unspecified atom stereocenters. The highest BCUT2D eigenvalue weighted by atomic mass is 16.6. The molecule has 0 aliphatic rings. The number of nitro groups is 1. The molecule has 3 rings (SSSR count). The Morgan fingerprint density at radius 3 is 2.64 bits per heavy atom. The number of rotatable bonds is 4. The number of benzene rings is 2. The second-order valence-corrected chi connectivity index (χ2v) is 4.91. The Morgan fingerprint density at radius 1 is 1.18 bits per heavy atom. The molecule has 0 fully saturated rings. The lowest BCUT2D eigenvalue weighted by molar-refractivity contribution is -0.544. The summed E-state index contributed by atoms with van der Waals surface area (Å²) in [4.78, 5) is 14.7. The maximum Gasteiger partial charge on any atom is 0.269 e. The van der Waals surface area contributed by atoms with Gasteiger partial charge in [-0.2, -0.15) is 5.69 Å². The van der Waals surface area contributed by atoms with Crippen LogP contribution in [0.15, 0.2) is 53.6 Å². The van der Waals surface area contributed by atoms with Gasteiger partial charge in [0.2, 0.25) is 0 Å². The lowest BCUT2D eigenvalue weighted by Gasteiger charge is -1.98. The first-order chi connectivity index (χ1) is 10.6. The first kappa shape index (κ1) is 13.9. The second kappa shape index (κ2) is 5.77. The van der Waals surface area contributed by atoms with Crippen molar-refractivity contribution < 1.29 is 10.0 Å². The normalized spacial score (nSPS) is 11.3. The van der Waals surface area contributed by atoms with Crippen molar-refractivity contribution in [3.05, 3.63) is 69.9 Å². The maximum absolute atomic E-state index is 10.6. The van der Waals surface area contributed by atoms with E-state index in [0.29, 0.717) is 12.2 Å². The van der Waals surface area contributed by atoms with Crippen molar-refractivity contribution in [1.29, 1.82) is 0 Å². The van der Waals surface area contributed by atoms with Crippen LogP contribution in [0, 0.1) is 17.0 Å². The summed E-state index contributed by atoms with van der Waals surface area (Å²) in [5, 5.41) is 18.9. The molecule has 3 aromatic rings. The highest BCUT2D eigenvalue weighted by Gasteiger charge is 2.05. The number of hydrogen-bond acceptors (Lipinski definition) is 3. The average molecular weight is 294 g/mol. The van der Waals surface area contributed by atoms with E-state index in [9.17, 15) is 10.1 Å². The molecule has 1 heterocycles. The molecule has 6 heteroatoms. The molecule has 110 valence electrons. The van der Waals surface area contributed by atoms with Crippen molar-refractivity contribution in [3.8, 4) is 0 Å². The van der Waals surface area contributed by atoms with Crippen LogP contribution in [0.1, 0.15) is 11.3 Å². The van der Waals surface area contributed by atoms with Crippen LogP contribution in [0.3, 0.4) is 0 Å². The van der Waals surface area contributed by atoms with Gasteiger partial charge in [-0.1, -0.05) is 31.2 Å². The monoisotopic (exact) mass is 294 g/mol. The molecule has 0 saturated carbocycles. The van der Waals surface area contributed by atoms with Gasteiger partial charge < -0.3 is 4.98 Å². The first-order valence-electron chi connectivity index (χ1n) is 6.84. The zero-order chi connectivity index (χ0) is 15.5. The van der Waals surface area contributed by atoms with E-state index in [2.05, 4.69) is 15.2 Å². The highest BCUT2D eigenvalue weighted by molar-refractivity contribution is 5.84. The summed E-state index contributed by atoms with van der Waals surface area (Å²) in [6.45, 7) is 2.53. The van der Waals surface area contributed by atoms with Crippen molar-refractivity contribution in [3.63, 3.8) is 0 Å². The molecule has 0 radical (unpaired) electrons. The molecule has 0 amide bonds. The largest absolute Gasteiger partial charge is 0.661 e. The molecule has 0 atom stereocenters. The summed E-state index contributed by atoms with van der Waals surface area (Å²) in [5.74, 6) is 0. The number of hydrogen-bond donors (Lipinski definition) is 1. The fourth-order valence-corrected chi connectivity index (χ4v) is 2.35. The van der Waals surface area contributed by atoms with Crippen LogP contribution in [0.4, 0.5) is 11.4 Å². The first-order valence-corrected chi connectivity index (χ1v) is 6.84. The average Bonchev–Trinajstić information content (AvgIpc) is 2.84. The molecule has 0 saturated heterocycles. The van der Waals surface area contributed by atoms with Crippen LogP contribution in [-0.2, 0) is 6.54 Å². The van der Waals surface area contributed by atoms with Gasteiger partial charge in [0.1, 0.15) is 5.69 Å². The van der Waals surface area contributed by atoms with Crippen LogP contribution >= 0.6 is 0 Å². The minimum Gasteiger partial charge on any atom is -0.661 e. The van der Waals surface area contributed by atoms with Crippen molar-refractivity contribution >= 4 is 22.3 Å². The number of nitrogens with one attached hydrogen (secondary N) is 1. The fourth-order valence-electron chi connectivity index (χ4n) is 2.35. The fraction of sp³-hybridized carbons (Fsp3) is 0.125. The van der Waals surface area contributed by atoms with E-state index >= 15 is 0 Å². The molecule has 0 aliphatic heterocycles. The predicted octanol–water partition coefficient (Wildman–Crippen LogP) is 2.38. The molecule has 0 aliphatic carbocycles. The van der Waals surface area contributed by atoms with E-state index < -0.39 is 4.92 Å². The third kappa shape index (κ3) is 2.71. The number of azo groups is 1. The number of para-hydroxylation sites is 1. The van der Waals surface area contributed by atoms with Crippen molar-refractivity contribution in [2.75, 3.05) is 0 Å². The Bertz CT molecular complexity index is 850. The third-order valence-corrected chi connectivity index (χ3v) is 3.48. The van der Waals surface area contributed by atoms with Gasteiger partial charge in [-0.25, -0.2) is 0 Å². The van der Waals surface area contributed by atoms with Crippen LogP contribution < -0.4 is 10.1 Å². The number of aryl methyl sites for hydroxylation is 1. The van der Waals surface area contributed by atoms with Gasteiger partial charge in [-0.15, -0.1) is 10.6 Å². The molecule has 6 nitrogen and oxygen atoms in total. The summed E-state index contributed by atoms with van der Waals surface area (Å²) < 4.78 is 0. The summed E-state index contributed by atoms with van der Waals surface area (Å²) in [5.41, 5.74) is 3.77. The van der Waals surface area contributed by atoms with Gasteiger partial charge in [0.15, 0.2) is 6.54 Å². The van der Waals surface area contributed by atoms with E-state index in [1.807, 2.05) is 31.2 Å². The number of fused-ring (bicyclic) bond motifs is 1. The van der Waals surface area contributed by atoms with Gasteiger partial charge in [0.05, 0.1) is 4.92 Å². The Hall–Kier alpha value is -3.02. The molecule has 1 N–H and O–H groups in total. The number of aromatic nitrogens is 1. The maximum atomic E-state index is 10.6. The van der Waals surface area contributed by atoms with E-state index in [1.165, 1.54) is 12.1 Å². The minimum absolute atomic E-state index is 0.0565. The summed E-state index contributed by atoms with van der Waals surface area (Å²) in [7, 11) is 0. The number of non-ortho nitro benzene ring substituents is 1. The molecule has 1 aromatic heterocycles. The van der Waals surface area contributed by atoms with Gasteiger partial charge in [0.25, 0.3) is 5.69 Å². The third-order valence-electron chi connectivity index (χ3n) is 3.48. The highest BCUT2D eigenvalue weighted by Crippen LogP contribution is 2.20. The van der Waals surface area contributed by atoms with Crippen LogP contribution in [0.5, 0.6) is 0 Å². The predicted molar refractivity (Wildman–Crippen MR) is 81.9 cm³/mol. The number of nitrogens with zero attached hydrogens (tertiary/aromatic N) is 3. The van der Waals surface area contributed by atoms with E-state index in [1.54, 1.807) is 12.1 Å².